The fraction of sp³-hybridized carbons (Fsp3) is 0.0938. The van der Waals surface area contributed by atoms with Gasteiger partial charge in [-0.15, -0.1) is 0 Å². The van der Waals surface area contributed by atoms with E-state index in [1.165, 1.54) is 6.08 Å². The molecule has 0 aliphatic carbocycles. The van der Waals surface area contributed by atoms with Crippen LogP contribution in [-0.2, 0) is 16.2 Å². The van der Waals surface area contributed by atoms with Crippen molar-refractivity contribution in [2.45, 2.75) is 20.4 Å². The number of carbonyl (C=O) groups excluding carboxylic acids is 2. The Morgan fingerprint density at radius 2 is 1.38 bits per heavy atom. The summed E-state index contributed by atoms with van der Waals surface area (Å²) in [5.74, 6) is -0.555. The number of benzene rings is 4. The van der Waals surface area contributed by atoms with Crippen LogP contribution >= 0.6 is 0 Å². The van der Waals surface area contributed by atoms with Crippen molar-refractivity contribution in [1.29, 1.82) is 0 Å². The van der Waals surface area contributed by atoms with Gasteiger partial charge in [-0.25, -0.2) is 4.79 Å². The Kier molecular flexibility index (Phi) is 6.77. The predicted molar refractivity (Wildman–Crippen MR) is 149 cm³/mol. The van der Waals surface area contributed by atoms with Gasteiger partial charge in [-0.1, -0.05) is 71.9 Å². The molecule has 182 valence electrons. The molecule has 0 unspecified atom stereocenters. The third-order valence-electron chi connectivity index (χ3n) is 6.38. The van der Waals surface area contributed by atoms with E-state index in [1.807, 2.05) is 97.1 Å². The summed E-state index contributed by atoms with van der Waals surface area (Å²) >= 11 is 0. The third kappa shape index (κ3) is 4.98. The highest BCUT2D eigenvalue weighted by molar-refractivity contribution is 6.16. The van der Waals surface area contributed by atoms with Gasteiger partial charge in [-0.3, -0.25) is 4.79 Å². The molecule has 1 aromatic heterocycles. The van der Waals surface area contributed by atoms with Crippen molar-refractivity contribution in [2.75, 3.05) is 0 Å². The quantitative estimate of drug-likeness (QED) is 0.0816. The van der Waals surface area contributed by atoms with E-state index in [-0.39, 0.29) is 5.78 Å². The van der Waals surface area contributed by atoms with E-state index in [2.05, 4.69) is 16.6 Å². The number of aryl methyl sites for hydroxylation is 1. The van der Waals surface area contributed by atoms with Gasteiger partial charge in [0.25, 0.3) is 0 Å². The summed E-state index contributed by atoms with van der Waals surface area (Å²) in [6, 6.07) is 30.7. The zero-order valence-corrected chi connectivity index (χ0v) is 20.7. The second kappa shape index (κ2) is 10.5. The minimum atomic E-state index is -0.545. The van der Waals surface area contributed by atoms with Crippen LogP contribution in [0.15, 0.2) is 108 Å². The zero-order chi connectivity index (χ0) is 25.8. The van der Waals surface area contributed by atoms with Crippen LogP contribution in [0.4, 0.5) is 0 Å². The number of nitrogens with zero attached hydrogens (tertiary/aromatic N) is 2. The maximum absolute atomic E-state index is 13.1. The second-order valence-electron chi connectivity index (χ2n) is 8.73. The first-order valence-corrected chi connectivity index (χ1v) is 12.2. The van der Waals surface area contributed by atoms with Crippen LogP contribution in [0.2, 0.25) is 0 Å². The Morgan fingerprint density at radius 1 is 0.784 bits per heavy atom. The number of rotatable bonds is 7. The molecule has 0 atom stereocenters. The van der Waals surface area contributed by atoms with Crippen molar-refractivity contribution >= 4 is 45.3 Å². The molecule has 5 rings (SSSR count). The summed E-state index contributed by atoms with van der Waals surface area (Å²) in [7, 11) is 0. The Bertz CT molecular complexity index is 1660. The van der Waals surface area contributed by atoms with E-state index < -0.39 is 5.97 Å². The molecule has 0 saturated carbocycles. The minimum Gasteiger partial charge on any atom is -0.341 e. The van der Waals surface area contributed by atoms with Gasteiger partial charge >= 0.3 is 5.97 Å². The number of hydrogen-bond acceptors (Lipinski definition) is 4. The van der Waals surface area contributed by atoms with Gasteiger partial charge in [-0.2, -0.15) is 0 Å². The highest BCUT2D eigenvalue weighted by Gasteiger charge is 2.15. The van der Waals surface area contributed by atoms with Crippen molar-refractivity contribution in [3.05, 3.63) is 125 Å². The molecule has 5 nitrogen and oxygen atoms in total. The average Bonchev–Trinajstić information content (AvgIpc) is 3.27. The number of fused-ring (bicyclic) bond motifs is 3. The van der Waals surface area contributed by atoms with E-state index in [9.17, 15) is 9.59 Å². The van der Waals surface area contributed by atoms with Gasteiger partial charge in [0.1, 0.15) is 0 Å². The van der Waals surface area contributed by atoms with Crippen LogP contribution in [0.1, 0.15) is 40.9 Å². The number of carbonyl (C=O) groups is 2. The summed E-state index contributed by atoms with van der Waals surface area (Å²) in [6.45, 7) is 4.70. The molecule has 5 aromatic rings. The monoisotopic (exact) mass is 486 g/mol. The van der Waals surface area contributed by atoms with Crippen molar-refractivity contribution < 1.29 is 14.4 Å². The molecule has 0 amide bonds. The highest BCUT2D eigenvalue weighted by atomic mass is 16.7. The van der Waals surface area contributed by atoms with Gasteiger partial charge in [-0.05, 0) is 61.4 Å². The van der Waals surface area contributed by atoms with E-state index in [0.29, 0.717) is 16.8 Å². The van der Waals surface area contributed by atoms with Crippen molar-refractivity contribution in [3.8, 4) is 0 Å². The average molecular weight is 487 g/mol. The lowest BCUT2D eigenvalue weighted by Gasteiger charge is -2.04. The molecule has 37 heavy (non-hydrogen) atoms. The molecular weight excluding hydrogens is 460 g/mol. The lowest BCUT2D eigenvalue weighted by molar-refractivity contribution is -0.137. The molecule has 1 heterocycles. The third-order valence-corrected chi connectivity index (χ3v) is 6.38. The van der Waals surface area contributed by atoms with Gasteiger partial charge < -0.3 is 9.40 Å². The van der Waals surface area contributed by atoms with E-state index in [1.54, 1.807) is 13.0 Å². The molecule has 0 aliphatic heterocycles. The Balaban J connectivity index is 1.46. The number of aromatic nitrogens is 1. The largest absolute Gasteiger partial charge is 0.358 e. The zero-order valence-electron chi connectivity index (χ0n) is 20.7. The summed E-state index contributed by atoms with van der Waals surface area (Å²) in [4.78, 5) is 30.4. The van der Waals surface area contributed by atoms with Crippen LogP contribution in [0.5, 0.6) is 0 Å². The molecule has 5 heteroatoms. The smallest absolute Gasteiger partial charge is 0.341 e. The van der Waals surface area contributed by atoms with Gasteiger partial charge in [0, 0.05) is 45.6 Å². The van der Waals surface area contributed by atoms with Gasteiger partial charge in [0.15, 0.2) is 5.78 Å². The molecule has 0 N–H and O–H groups in total. The number of oxime groups is 1. The van der Waals surface area contributed by atoms with Crippen molar-refractivity contribution in [3.63, 3.8) is 0 Å². The van der Waals surface area contributed by atoms with Crippen molar-refractivity contribution in [1.82, 2.24) is 4.57 Å². The molecule has 0 saturated heterocycles. The first kappa shape index (κ1) is 23.9. The fourth-order valence-corrected chi connectivity index (χ4v) is 4.49. The summed E-state index contributed by atoms with van der Waals surface area (Å²) in [6.07, 6.45) is 3.04. The molecule has 0 bridgehead atoms. The van der Waals surface area contributed by atoms with Crippen molar-refractivity contribution in [2.24, 2.45) is 5.16 Å². The van der Waals surface area contributed by atoms with Crippen LogP contribution in [0, 0.1) is 0 Å². The molecular formula is C32H26N2O3. The standard InChI is InChI=1S/C32H26N2O3/c1-3-34-29-17-15-25(22(2)33-37-31(35)19-14-23-10-6-4-7-11-23)20-27(29)28-21-26(16-18-30(28)34)32(36)24-12-8-5-9-13-24/h4-21H,3H2,1-2H3/b19-14+,33-22+. The van der Waals surface area contributed by atoms with E-state index in [4.69, 9.17) is 4.84 Å². The van der Waals surface area contributed by atoms with Crippen LogP contribution in [0.3, 0.4) is 0 Å². The first-order valence-electron chi connectivity index (χ1n) is 12.2. The maximum atomic E-state index is 13.1. The molecule has 4 aromatic carbocycles. The fourth-order valence-electron chi connectivity index (χ4n) is 4.49. The maximum Gasteiger partial charge on any atom is 0.358 e. The summed E-state index contributed by atoms with van der Waals surface area (Å²) in [5.41, 5.74) is 5.76. The van der Waals surface area contributed by atoms with E-state index >= 15 is 0 Å². The van der Waals surface area contributed by atoms with E-state index in [0.717, 1.165) is 39.5 Å². The predicted octanol–water partition coefficient (Wildman–Crippen LogP) is 7.03. The number of ketones is 1. The molecule has 0 radical (unpaired) electrons. The SMILES string of the molecule is CCn1c2ccc(C(=O)c3ccccc3)cc2c2cc(/C(C)=N/OC(=O)/C=C/c3ccccc3)ccc21. The molecule has 0 aliphatic rings. The number of hydrogen-bond donors (Lipinski definition) is 0. The Hall–Kier alpha value is -4.77. The van der Waals surface area contributed by atoms with Gasteiger partial charge in [0.2, 0.25) is 0 Å². The Morgan fingerprint density at radius 3 is 2.03 bits per heavy atom. The van der Waals surface area contributed by atoms with Crippen LogP contribution in [-0.4, -0.2) is 22.0 Å². The highest BCUT2D eigenvalue weighted by Crippen LogP contribution is 2.31. The first-order chi connectivity index (χ1) is 18.0. The topological polar surface area (TPSA) is 60.7 Å². The lowest BCUT2D eigenvalue weighted by Crippen LogP contribution is -2.01. The molecule has 0 fully saturated rings. The van der Waals surface area contributed by atoms with Gasteiger partial charge in [0.05, 0.1) is 5.71 Å². The molecule has 0 spiro atoms. The second-order valence-corrected chi connectivity index (χ2v) is 8.73. The van der Waals surface area contributed by atoms with Crippen LogP contribution < -0.4 is 0 Å². The van der Waals surface area contributed by atoms with Crippen LogP contribution in [0.25, 0.3) is 27.9 Å². The Labute approximate surface area is 215 Å². The minimum absolute atomic E-state index is 0.00994. The normalized spacial score (nSPS) is 11.9. The summed E-state index contributed by atoms with van der Waals surface area (Å²) < 4.78 is 2.23. The summed E-state index contributed by atoms with van der Waals surface area (Å²) in [5, 5.41) is 6.07. The lowest BCUT2D eigenvalue weighted by atomic mass is 10.0.